The van der Waals surface area contributed by atoms with Gasteiger partial charge in [0, 0.05) is 12.5 Å². The molecule has 17 heavy (non-hydrogen) atoms. The summed E-state index contributed by atoms with van der Waals surface area (Å²) >= 11 is 6.01. The molecule has 2 heterocycles. The Kier molecular flexibility index (Phi) is 4.56. The van der Waals surface area contributed by atoms with Crippen molar-refractivity contribution in [3.05, 3.63) is 22.8 Å². The maximum Gasteiger partial charge on any atom is 0.140 e. The zero-order valence-electron chi connectivity index (χ0n) is 9.49. The van der Waals surface area contributed by atoms with Gasteiger partial charge in [0.25, 0.3) is 0 Å². The van der Waals surface area contributed by atoms with E-state index in [1.807, 2.05) is 0 Å². The van der Waals surface area contributed by atoms with Crippen molar-refractivity contribution >= 4 is 17.4 Å². The lowest BCUT2D eigenvalue weighted by atomic mass is 10.1. The molecule has 1 fully saturated rings. The average molecular weight is 258 g/mol. The molecule has 6 heteroatoms. The maximum atomic E-state index is 6.01. The number of hydrogen-bond acceptors (Lipinski definition) is 5. The van der Waals surface area contributed by atoms with Crippen LogP contribution in [0.25, 0.3) is 0 Å². The zero-order chi connectivity index (χ0) is 12.1. The normalized spacial score (nSPS) is 19.5. The Balaban J connectivity index is 1.84. The summed E-state index contributed by atoms with van der Waals surface area (Å²) in [5.41, 5.74) is 3.18. The zero-order valence-corrected chi connectivity index (χ0v) is 10.2. The molecule has 0 saturated carbocycles. The van der Waals surface area contributed by atoms with Crippen molar-refractivity contribution < 1.29 is 9.47 Å². The summed E-state index contributed by atoms with van der Waals surface area (Å²) in [6.07, 6.45) is 1.06. The fraction of sp³-hybridized carbons (Fsp3) is 0.545. The summed E-state index contributed by atoms with van der Waals surface area (Å²) in [6, 6.07) is 3.47. The minimum Gasteiger partial charge on any atom is -0.381 e. The van der Waals surface area contributed by atoms with E-state index in [0.29, 0.717) is 35.7 Å². The number of nitrogen functional groups attached to an aromatic ring is 1. The molecule has 1 aromatic heterocycles. The molecular formula is C11H16ClN3O2. The van der Waals surface area contributed by atoms with Crippen LogP contribution in [-0.4, -0.2) is 24.8 Å². The topological polar surface area (TPSA) is 69.4 Å². The number of pyridine rings is 1. The lowest BCUT2D eigenvalue weighted by molar-refractivity contribution is 0.0774. The van der Waals surface area contributed by atoms with E-state index in [0.717, 1.165) is 19.6 Å². The fourth-order valence-corrected chi connectivity index (χ4v) is 1.86. The Morgan fingerprint density at radius 3 is 3.18 bits per heavy atom. The molecule has 0 aliphatic carbocycles. The van der Waals surface area contributed by atoms with E-state index >= 15 is 0 Å². The van der Waals surface area contributed by atoms with E-state index in [4.69, 9.17) is 26.9 Å². The van der Waals surface area contributed by atoms with Crippen LogP contribution >= 0.6 is 11.6 Å². The van der Waals surface area contributed by atoms with Crippen LogP contribution in [0.5, 0.6) is 0 Å². The van der Waals surface area contributed by atoms with Crippen molar-refractivity contribution in [2.45, 2.75) is 13.0 Å². The average Bonchev–Trinajstić information content (AvgIpc) is 2.84. The lowest BCUT2D eigenvalue weighted by Crippen LogP contribution is -2.12. The van der Waals surface area contributed by atoms with Crippen LogP contribution in [0.2, 0.25) is 5.02 Å². The fourth-order valence-electron chi connectivity index (χ4n) is 1.70. The Labute approximate surface area is 105 Å². The first-order valence-corrected chi connectivity index (χ1v) is 5.95. The lowest BCUT2D eigenvalue weighted by Gasteiger charge is -2.10. The third-order valence-corrected chi connectivity index (χ3v) is 3.03. The molecule has 1 atom stereocenters. The standard InChI is InChI=1S/C11H16ClN3O2/c12-9-1-2-11(15-13)14-10(9)7-17-6-8-3-4-16-5-8/h1-2,8H,3-7,13H2,(H,14,15). The predicted molar refractivity (Wildman–Crippen MR) is 65.6 cm³/mol. The minimum atomic E-state index is 0.394. The van der Waals surface area contributed by atoms with Gasteiger partial charge in [0.15, 0.2) is 0 Å². The van der Waals surface area contributed by atoms with Gasteiger partial charge >= 0.3 is 0 Å². The van der Waals surface area contributed by atoms with Gasteiger partial charge in [0.2, 0.25) is 0 Å². The van der Waals surface area contributed by atoms with Crippen molar-refractivity contribution in [1.82, 2.24) is 4.98 Å². The molecule has 94 valence electrons. The summed E-state index contributed by atoms with van der Waals surface area (Å²) in [4.78, 5) is 4.23. The molecule has 1 aliphatic heterocycles. The Morgan fingerprint density at radius 2 is 2.47 bits per heavy atom. The molecule has 1 aromatic rings. The van der Waals surface area contributed by atoms with E-state index < -0.39 is 0 Å². The third-order valence-electron chi connectivity index (χ3n) is 2.68. The molecule has 0 radical (unpaired) electrons. The molecule has 1 aliphatic rings. The van der Waals surface area contributed by atoms with Gasteiger partial charge in [-0.05, 0) is 18.6 Å². The quantitative estimate of drug-likeness (QED) is 0.619. The van der Waals surface area contributed by atoms with E-state index in [9.17, 15) is 0 Å². The minimum absolute atomic E-state index is 0.394. The van der Waals surface area contributed by atoms with Gasteiger partial charge in [-0.1, -0.05) is 11.6 Å². The number of hydrazine groups is 1. The van der Waals surface area contributed by atoms with Crippen molar-refractivity contribution in [2.24, 2.45) is 11.8 Å². The second-order valence-electron chi connectivity index (χ2n) is 4.01. The highest BCUT2D eigenvalue weighted by atomic mass is 35.5. The van der Waals surface area contributed by atoms with Gasteiger partial charge in [-0.15, -0.1) is 0 Å². The molecule has 0 bridgehead atoms. The second kappa shape index (κ2) is 6.16. The number of aromatic nitrogens is 1. The smallest absolute Gasteiger partial charge is 0.140 e. The largest absolute Gasteiger partial charge is 0.381 e. The summed E-state index contributed by atoms with van der Waals surface area (Å²) in [5, 5.41) is 0.590. The summed E-state index contributed by atoms with van der Waals surface area (Å²) in [5.74, 6) is 6.36. The highest BCUT2D eigenvalue weighted by molar-refractivity contribution is 6.31. The molecule has 0 spiro atoms. The first-order chi connectivity index (χ1) is 8.29. The van der Waals surface area contributed by atoms with Gasteiger partial charge in [-0.2, -0.15) is 0 Å². The predicted octanol–water partition coefficient (Wildman–Crippen LogP) is 1.57. The maximum absolute atomic E-state index is 6.01. The van der Waals surface area contributed by atoms with Crippen LogP contribution in [0, 0.1) is 5.92 Å². The van der Waals surface area contributed by atoms with Gasteiger partial charge < -0.3 is 14.9 Å². The first-order valence-electron chi connectivity index (χ1n) is 5.57. The van der Waals surface area contributed by atoms with Crippen molar-refractivity contribution in [3.63, 3.8) is 0 Å². The van der Waals surface area contributed by atoms with E-state index in [1.165, 1.54) is 0 Å². The van der Waals surface area contributed by atoms with Crippen LogP contribution < -0.4 is 11.3 Å². The third kappa shape index (κ3) is 3.54. The van der Waals surface area contributed by atoms with Crippen LogP contribution in [0.4, 0.5) is 5.82 Å². The molecule has 0 aromatic carbocycles. The Hall–Kier alpha value is -0.880. The second-order valence-corrected chi connectivity index (χ2v) is 4.42. The number of nitrogens with zero attached hydrogens (tertiary/aromatic N) is 1. The van der Waals surface area contributed by atoms with E-state index in [1.54, 1.807) is 12.1 Å². The molecule has 1 saturated heterocycles. The van der Waals surface area contributed by atoms with Crippen LogP contribution in [0.3, 0.4) is 0 Å². The molecular weight excluding hydrogens is 242 g/mol. The van der Waals surface area contributed by atoms with Gasteiger partial charge in [-0.25, -0.2) is 10.8 Å². The first kappa shape index (κ1) is 12.6. The van der Waals surface area contributed by atoms with E-state index in [2.05, 4.69) is 10.4 Å². The summed E-state index contributed by atoms with van der Waals surface area (Å²) in [6.45, 7) is 2.69. The molecule has 2 rings (SSSR count). The highest BCUT2D eigenvalue weighted by Gasteiger charge is 2.15. The Bertz CT molecular complexity index is 370. The van der Waals surface area contributed by atoms with Gasteiger partial charge in [-0.3, -0.25) is 0 Å². The number of ether oxygens (including phenoxy) is 2. The molecule has 3 N–H and O–H groups in total. The van der Waals surface area contributed by atoms with Crippen LogP contribution in [0.15, 0.2) is 12.1 Å². The van der Waals surface area contributed by atoms with Crippen molar-refractivity contribution in [3.8, 4) is 0 Å². The van der Waals surface area contributed by atoms with Gasteiger partial charge in [0.05, 0.1) is 30.5 Å². The van der Waals surface area contributed by atoms with E-state index in [-0.39, 0.29) is 0 Å². The number of anilines is 1. The number of nitrogens with one attached hydrogen (secondary N) is 1. The number of halogens is 1. The highest BCUT2D eigenvalue weighted by Crippen LogP contribution is 2.18. The number of nitrogens with two attached hydrogens (primary N) is 1. The van der Waals surface area contributed by atoms with Crippen LogP contribution in [0.1, 0.15) is 12.1 Å². The van der Waals surface area contributed by atoms with Gasteiger partial charge in [0.1, 0.15) is 5.82 Å². The summed E-state index contributed by atoms with van der Waals surface area (Å²) in [7, 11) is 0. The number of hydrogen-bond donors (Lipinski definition) is 2. The molecule has 5 nitrogen and oxygen atoms in total. The molecule has 0 amide bonds. The monoisotopic (exact) mass is 257 g/mol. The number of rotatable bonds is 5. The SMILES string of the molecule is NNc1ccc(Cl)c(COCC2CCOC2)n1. The van der Waals surface area contributed by atoms with Crippen LogP contribution in [-0.2, 0) is 16.1 Å². The van der Waals surface area contributed by atoms with Crippen molar-refractivity contribution in [1.29, 1.82) is 0 Å². The Morgan fingerprint density at radius 1 is 1.59 bits per heavy atom. The van der Waals surface area contributed by atoms with Crippen molar-refractivity contribution in [2.75, 3.05) is 25.2 Å². The molecule has 1 unspecified atom stereocenters. The summed E-state index contributed by atoms with van der Waals surface area (Å²) < 4.78 is 10.9.